The van der Waals surface area contributed by atoms with Gasteiger partial charge in [0.15, 0.2) is 0 Å². The summed E-state index contributed by atoms with van der Waals surface area (Å²) in [6, 6.07) is 0.388. The van der Waals surface area contributed by atoms with Crippen LogP contribution in [-0.4, -0.2) is 25.0 Å². The van der Waals surface area contributed by atoms with Gasteiger partial charge >= 0.3 is 0 Å². The molecule has 0 aromatic heterocycles. The minimum atomic E-state index is 0.237. The van der Waals surface area contributed by atoms with E-state index in [0.717, 1.165) is 24.9 Å². The summed E-state index contributed by atoms with van der Waals surface area (Å²) in [6.45, 7) is 6.56. The lowest BCUT2D eigenvalue weighted by molar-refractivity contribution is -0.122. The van der Waals surface area contributed by atoms with Crippen LogP contribution in [0.2, 0.25) is 0 Å². The Kier molecular flexibility index (Phi) is 6.34. The Labute approximate surface area is 124 Å². The molecule has 2 atom stereocenters. The molecule has 2 N–H and O–H groups in total. The number of carbonyl (C=O) groups excluding carboxylic acids is 1. The number of piperidine rings is 1. The average molecular weight is 280 g/mol. The van der Waals surface area contributed by atoms with E-state index in [1.165, 1.54) is 44.9 Å². The first kappa shape index (κ1) is 15.8. The SMILES string of the molecule is CC1CCC(CCNC(=O)CC2NCCCC2C)CC1. The topological polar surface area (TPSA) is 41.1 Å². The molecule has 2 aliphatic rings. The van der Waals surface area contributed by atoms with E-state index in [1.807, 2.05) is 0 Å². The van der Waals surface area contributed by atoms with Crippen LogP contribution >= 0.6 is 0 Å². The van der Waals surface area contributed by atoms with Gasteiger partial charge in [-0.15, -0.1) is 0 Å². The van der Waals surface area contributed by atoms with Gasteiger partial charge in [-0.05, 0) is 43.6 Å². The highest BCUT2D eigenvalue weighted by Gasteiger charge is 2.23. The van der Waals surface area contributed by atoms with Crippen molar-refractivity contribution in [3.8, 4) is 0 Å². The van der Waals surface area contributed by atoms with E-state index in [4.69, 9.17) is 0 Å². The van der Waals surface area contributed by atoms with Crippen molar-refractivity contribution < 1.29 is 4.79 Å². The van der Waals surface area contributed by atoms with Gasteiger partial charge in [0, 0.05) is 19.0 Å². The predicted molar refractivity (Wildman–Crippen MR) is 83.6 cm³/mol. The summed E-state index contributed by atoms with van der Waals surface area (Å²) in [4.78, 5) is 12.0. The van der Waals surface area contributed by atoms with Crippen LogP contribution in [0.15, 0.2) is 0 Å². The summed E-state index contributed by atoms with van der Waals surface area (Å²) in [6.07, 6.45) is 9.81. The molecule has 3 heteroatoms. The molecule has 2 unspecified atom stereocenters. The molecule has 2 rings (SSSR count). The lowest BCUT2D eigenvalue weighted by Gasteiger charge is -2.30. The number of hydrogen-bond donors (Lipinski definition) is 2. The molecule has 0 aromatic carbocycles. The third-order valence-corrected chi connectivity index (χ3v) is 5.35. The zero-order chi connectivity index (χ0) is 14.4. The zero-order valence-corrected chi connectivity index (χ0v) is 13.3. The highest BCUT2D eigenvalue weighted by atomic mass is 16.1. The molecule has 1 saturated heterocycles. The Morgan fingerprint density at radius 2 is 1.90 bits per heavy atom. The molecule has 20 heavy (non-hydrogen) atoms. The van der Waals surface area contributed by atoms with E-state index in [9.17, 15) is 4.79 Å². The second-order valence-corrected chi connectivity index (χ2v) is 7.15. The van der Waals surface area contributed by atoms with E-state index in [1.54, 1.807) is 0 Å². The average Bonchev–Trinajstić information content (AvgIpc) is 2.44. The van der Waals surface area contributed by atoms with Crippen LogP contribution in [0.4, 0.5) is 0 Å². The molecule has 0 spiro atoms. The highest BCUT2D eigenvalue weighted by Crippen LogP contribution is 2.29. The molecule has 1 aliphatic heterocycles. The van der Waals surface area contributed by atoms with Gasteiger partial charge in [0.2, 0.25) is 5.91 Å². The first-order valence-corrected chi connectivity index (χ1v) is 8.65. The Hall–Kier alpha value is -0.570. The van der Waals surface area contributed by atoms with Gasteiger partial charge in [-0.1, -0.05) is 39.5 Å². The summed E-state index contributed by atoms with van der Waals surface area (Å²) in [5.41, 5.74) is 0. The molecular formula is C17H32N2O. The van der Waals surface area contributed by atoms with Crippen molar-refractivity contribution in [2.75, 3.05) is 13.1 Å². The monoisotopic (exact) mass is 280 g/mol. The standard InChI is InChI=1S/C17H32N2O/c1-13-5-7-15(8-6-13)9-11-19-17(20)12-16-14(2)4-3-10-18-16/h13-16,18H,3-12H2,1-2H3,(H,19,20). The maximum atomic E-state index is 12.0. The van der Waals surface area contributed by atoms with E-state index in [-0.39, 0.29) is 5.91 Å². The normalized spacial score (nSPS) is 34.7. The smallest absolute Gasteiger partial charge is 0.221 e. The van der Waals surface area contributed by atoms with E-state index >= 15 is 0 Å². The number of hydrogen-bond acceptors (Lipinski definition) is 2. The first-order valence-electron chi connectivity index (χ1n) is 8.65. The van der Waals surface area contributed by atoms with E-state index < -0.39 is 0 Å². The number of nitrogens with one attached hydrogen (secondary N) is 2. The van der Waals surface area contributed by atoms with Crippen LogP contribution in [0.5, 0.6) is 0 Å². The molecule has 1 amide bonds. The number of rotatable bonds is 5. The van der Waals surface area contributed by atoms with Crippen LogP contribution in [0.25, 0.3) is 0 Å². The van der Waals surface area contributed by atoms with Gasteiger partial charge in [0.05, 0.1) is 0 Å². The van der Waals surface area contributed by atoms with Gasteiger partial charge in [-0.2, -0.15) is 0 Å². The van der Waals surface area contributed by atoms with Crippen LogP contribution in [0.1, 0.15) is 65.2 Å². The molecule has 0 radical (unpaired) electrons. The Morgan fingerprint density at radius 3 is 2.60 bits per heavy atom. The molecule has 1 saturated carbocycles. The summed E-state index contributed by atoms with van der Waals surface area (Å²) in [5.74, 6) is 2.63. The quantitative estimate of drug-likeness (QED) is 0.812. The van der Waals surface area contributed by atoms with Gasteiger partial charge in [0.25, 0.3) is 0 Å². The largest absolute Gasteiger partial charge is 0.356 e. The number of amides is 1. The van der Waals surface area contributed by atoms with Gasteiger partial charge in [-0.25, -0.2) is 0 Å². The molecule has 116 valence electrons. The van der Waals surface area contributed by atoms with Gasteiger partial charge < -0.3 is 10.6 Å². The third kappa shape index (κ3) is 5.08. The van der Waals surface area contributed by atoms with Crippen LogP contribution in [0, 0.1) is 17.8 Å². The molecule has 2 fully saturated rings. The Balaban J connectivity index is 1.58. The fourth-order valence-corrected chi connectivity index (χ4v) is 3.69. The lowest BCUT2D eigenvalue weighted by Crippen LogP contribution is -2.43. The van der Waals surface area contributed by atoms with E-state index in [0.29, 0.717) is 18.4 Å². The first-order chi connectivity index (χ1) is 9.65. The lowest BCUT2D eigenvalue weighted by atomic mass is 9.81. The molecule has 0 aromatic rings. The second-order valence-electron chi connectivity index (χ2n) is 7.15. The highest BCUT2D eigenvalue weighted by molar-refractivity contribution is 5.76. The number of carbonyl (C=O) groups is 1. The van der Waals surface area contributed by atoms with Crippen LogP contribution < -0.4 is 10.6 Å². The predicted octanol–water partition coefficient (Wildman–Crippen LogP) is 3.10. The molecule has 1 aliphatic carbocycles. The molecule has 3 nitrogen and oxygen atoms in total. The van der Waals surface area contributed by atoms with Crippen molar-refractivity contribution in [1.29, 1.82) is 0 Å². The minimum absolute atomic E-state index is 0.237. The molecule has 0 bridgehead atoms. The molecule has 1 heterocycles. The second kappa shape index (κ2) is 8.02. The van der Waals surface area contributed by atoms with Crippen molar-refractivity contribution in [3.63, 3.8) is 0 Å². The summed E-state index contributed by atoms with van der Waals surface area (Å²) in [7, 11) is 0. The third-order valence-electron chi connectivity index (χ3n) is 5.35. The van der Waals surface area contributed by atoms with Crippen molar-refractivity contribution in [3.05, 3.63) is 0 Å². The Morgan fingerprint density at radius 1 is 1.15 bits per heavy atom. The Bertz CT molecular complexity index is 297. The van der Waals surface area contributed by atoms with Crippen molar-refractivity contribution >= 4 is 5.91 Å². The van der Waals surface area contributed by atoms with Crippen LogP contribution in [0.3, 0.4) is 0 Å². The maximum Gasteiger partial charge on any atom is 0.221 e. The summed E-state index contributed by atoms with van der Waals surface area (Å²) in [5, 5.41) is 6.61. The van der Waals surface area contributed by atoms with Gasteiger partial charge in [-0.3, -0.25) is 4.79 Å². The zero-order valence-electron chi connectivity index (χ0n) is 13.3. The maximum absolute atomic E-state index is 12.0. The van der Waals surface area contributed by atoms with Crippen molar-refractivity contribution in [2.45, 2.75) is 71.3 Å². The summed E-state index contributed by atoms with van der Waals surface area (Å²) >= 11 is 0. The fraction of sp³-hybridized carbons (Fsp3) is 0.941. The summed E-state index contributed by atoms with van der Waals surface area (Å²) < 4.78 is 0. The van der Waals surface area contributed by atoms with Crippen molar-refractivity contribution in [2.24, 2.45) is 17.8 Å². The van der Waals surface area contributed by atoms with Crippen LogP contribution in [-0.2, 0) is 4.79 Å². The fourth-order valence-electron chi connectivity index (χ4n) is 3.69. The van der Waals surface area contributed by atoms with Crippen molar-refractivity contribution in [1.82, 2.24) is 10.6 Å². The minimum Gasteiger partial charge on any atom is -0.356 e. The van der Waals surface area contributed by atoms with Gasteiger partial charge in [0.1, 0.15) is 0 Å². The molecular weight excluding hydrogens is 248 g/mol. The van der Waals surface area contributed by atoms with E-state index in [2.05, 4.69) is 24.5 Å².